The van der Waals surface area contributed by atoms with Gasteiger partial charge in [0.05, 0.1) is 19.3 Å². The second-order valence-electron chi connectivity index (χ2n) is 4.09. The number of anilines is 1. The lowest BCUT2D eigenvalue weighted by Gasteiger charge is -2.19. The van der Waals surface area contributed by atoms with Gasteiger partial charge >= 0.3 is 6.01 Å². The van der Waals surface area contributed by atoms with E-state index in [-0.39, 0.29) is 6.04 Å². The molecule has 0 saturated heterocycles. The zero-order valence-electron chi connectivity index (χ0n) is 12.0. The molecular formula is C12H24N4O3. The summed E-state index contributed by atoms with van der Waals surface area (Å²) in [4.78, 5) is 1.95. The first-order valence-corrected chi connectivity index (χ1v) is 6.68. The molecule has 1 aromatic heterocycles. The summed E-state index contributed by atoms with van der Waals surface area (Å²) in [6.07, 6.45) is 0. The fourth-order valence-corrected chi connectivity index (χ4v) is 1.48. The van der Waals surface area contributed by atoms with E-state index in [0.717, 1.165) is 0 Å². The van der Waals surface area contributed by atoms with Crippen LogP contribution < -0.4 is 10.6 Å². The molecule has 0 spiro atoms. The number of hydrogen-bond acceptors (Lipinski definition) is 7. The highest BCUT2D eigenvalue weighted by Gasteiger charge is 2.16. The molecule has 0 saturated carbocycles. The fraction of sp³-hybridized carbons (Fsp3) is 0.833. The number of nitrogens with zero attached hydrogens (tertiary/aromatic N) is 3. The topological polar surface area (TPSA) is 86.6 Å². The van der Waals surface area contributed by atoms with Gasteiger partial charge in [-0.05, 0) is 20.8 Å². The molecule has 7 heteroatoms. The Morgan fingerprint density at radius 3 is 2.16 bits per heavy atom. The van der Waals surface area contributed by atoms with E-state index in [1.54, 1.807) is 0 Å². The molecule has 0 radical (unpaired) electrons. The summed E-state index contributed by atoms with van der Waals surface area (Å²) in [7, 11) is 0. The lowest BCUT2D eigenvalue weighted by molar-refractivity contribution is 0.140. The van der Waals surface area contributed by atoms with Crippen LogP contribution in [0.1, 0.15) is 32.7 Å². The first-order chi connectivity index (χ1) is 9.19. The van der Waals surface area contributed by atoms with Crippen LogP contribution in [0.2, 0.25) is 0 Å². The largest absolute Gasteiger partial charge is 0.406 e. The van der Waals surface area contributed by atoms with Gasteiger partial charge in [0.1, 0.15) is 0 Å². The maximum atomic E-state index is 5.71. The van der Waals surface area contributed by atoms with Gasteiger partial charge < -0.3 is 24.5 Å². The fourth-order valence-electron chi connectivity index (χ4n) is 1.48. The highest BCUT2D eigenvalue weighted by molar-refractivity contribution is 5.24. The minimum atomic E-state index is -0.262. The van der Waals surface area contributed by atoms with E-state index in [0.29, 0.717) is 51.4 Å². The quantitative estimate of drug-likeness (QED) is 0.635. The van der Waals surface area contributed by atoms with Crippen LogP contribution in [-0.4, -0.2) is 49.7 Å². The highest BCUT2D eigenvalue weighted by Crippen LogP contribution is 2.15. The molecule has 0 aliphatic rings. The van der Waals surface area contributed by atoms with Crippen LogP contribution in [0.5, 0.6) is 0 Å². The molecule has 2 N–H and O–H groups in total. The summed E-state index contributed by atoms with van der Waals surface area (Å²) < 4.78 is 16.2. The van der Waals surface area contributed by atoms with Crippen molar-refractivity contribution in [2.75, 3.05) is 44.4 Å². The van der Waals surface area contributed by atoms with E-state index in [4.69, 9.17) is 19.6 Å². The third-order valence-electron chi connectivity index (χ3n) is 2.51. The van der Waals surface area contributed by atoms with E-state index in [1.165, 1.54) is 0 Å². The molecular weight excluding hydrogens is 248 g/mol. The van der Waals surface area contributed by atoms with E-state index in [2.05, 4.69) is 10.2 Å². The van der Waals surface area contributed by atoms with Crippen LogP contribution in [-0.2, 0) is 9.47 Å². The molecule has 1 heterocycles. The van der Waals surface area contributed by atoms with Crippen LogP contribution in [0.4, 0.5) is 6.01 Å². The van der Waals surface area contributed by atoms with Crippen molar-refractivity contribution in [2.24, 2.45) is 5.73 Å². The van der Waals surface area contributed by atoms with Crippen molar-refractivity contribution in [1.82, 2.24) is 10.2 Å². The second-order valence-corrected chi connectivity index (χ2v) is 4.09. The van der Waals surface area contributed by atoms with Crippen LogP contribution in [0.15, 0.2) is 4.42 Å². The van der Waals surface area contributed by atoms with Gasteiger partial charge in [0.15, 0.2) is 0 Å². The number of aromatic nitrogens is 2. The first-order valence-electron chi connectivity index (χ1n) is 6.68. The third-order valence-corrected chi connectivity index (χ3v) is 2.51. The van der Waals surface area contributed by atoms with Gasteiger partial charge in [-0.3, -0.25) is 0 Å². The lowest BCUT2D eigenvalue weighted by Crippen LogP contribution is -2.31. The van der Waals surface area contributed by atoms with Gasteiger partial charge in [-0.25, -0.2) is 0 Å². The van der Waals surface area contributed by atoms with Crippen LogP contribution in [0.25, 0.3) is 0 Å². The predicted molar refractivity (Wildman–Crippen MR) is 72.1 cm³/mol. The second kappa shape index (κ2) is 8.84. The van der Waals surface area contributed by atoms with Crippen LogP contribution in [0, 0.1) is 0 Å². The molecule has 0 amide bonds. The Hall–Kier alpha value is -1.18. The maximum Gasteiger partial charge on any atom is 0.318 e. The maximum absolute atomic E-state index is 5.71. The monoisotopic (exact) mass is 272 g/mol. The Balaban J connectivity index is 2.58. The first kappa shape index (κ1) is 15.9. The summed E-state index contributed by atoms with van der Waals surface area (Å²) in [5.41, 5.74) is 5.71. The predicted octanol–water partition coefficient (Wildman–Crippen LogP) is 0.969. The summed E-state index contributed by atoms with van der Waals surface area (Å²) in [5, 5.41) is 7.94. The molecule has 0 aliphatic carbocycles. The SMILES string of the molecule is CCOCCN(CCOCC)c1nnc(C(C)N)o1. The lowest BCUT2D eigenvalue weighted by atomic mass is 10.4. The Labute approximate surface area is 114 Å². The number of hydrogen-bond donors (Lipinski definition) is 1. The zero-order chi connectivity index (χ0) is 14.1. The number of rotatable bonds is 10. The standard InChI is InChI=1S/C12H24N4O3/c1-4-17-8-6-16(7-9-18-5-2)12-15-14-11(19-12)10(3)13/h10H,4-9,13H2,1-3H3. The van der Waals surface area contributed by atoms with Crippen molar-refractivity contribution < 1.29 is 13.9 Å². The molecule has 0 aliphatic heterocycles. The van der Waals surface area contributed by atoms with Crippen molar-refractivity contribution in [3.8, 4) is 0 Å². The van der Waals surface area contributed by atoms with Crippen molar-refractivity contribution in [2.45, 2.75) is 26.8 Å². The Morgan fingerprint density at radius 2 is 1.74 bits per heavy atom. The van der Waals surface area contributed by atoms with Crippen molar-refractivity contribution in [3.63, 3.8) is 0 Å². The van der Waals surface area contributed by atoms with E-state index in [1.807, 2.05) is 25.7 Å². The summed E-state index contributed by atoms with van der Waals surface area (Å²) in [6.45, 7) is 9.70. The molecule has 0 bridgehead atoms. The molecule has 1 unspecified atom stereocenters. The molecule has 7 nitrogen and oxygen atoms in total. The molecule has 0 aromatic carbocycles. The molecule has 110 valence electrons. The molecule has 19 heavy (non-hydrogen) atoms. The smallest absolute Gasteiger partial charge is 0.318 e. The minimum Gasteiger partial charge on any atom is -0.406 e. The van der Waals surface area contributed by atoms with Gasteiger partial charge in [-0.2, -0.15) is 0 Å². The van der Waals surface area contributed by atoms with Crippen LogP contribution in [0.3, 0.4) is 0 Å². The highest BCUT2D eigenvalue weighted by atomic mass is 16.5. The Kier molecular flexibility index (Phi) is 7.39. The minimum absolute atomic E-state index is 0.262. The number of ether oxygens (including phenoxy) is 2. The van der Waals surface area contributed by atoms with Gasteiger partial charge in [0.2, 0.25) is 5.89 Å². The van der Waals surface area contributed by atoms with Gasteiger partial charge in [-0.1, -0.05) is 5.10 Å². The molecule has 1 aromatic rings. The summed E-state index contributed by atoms with van der Waals surface area (Å²) >= 11 is 0. The van der Waals surface area contributed by atoms with Gasteiger partial charge in [-0.15, -0.1) is 5.10 Å². The van der Waals surface area contributed by atoms with Gasteiger partial charge in [0.25, 0.3) is 0 Å². The summed E-state index contributed by atoms with van der Waals surface area (Å²) in [6, 6.07) is 0.202. The van der Waals surface area contributed by atoms with Crippen LogP contribution >= 0.6 is 0 Å². The van der Waals surface area contributed by atoms with E-state index < -0.39 is 0 Å². The Morgan fingerprint density at radius 1 is 1.16 bits per heavy atom. The number of nitrogens with two attached hydrogens (primary N) is 1. The zero-order valence-corrected chi connectivity index (χ0v) is 12.0. The molecule has 1 atom stereocenters. The normalized spacial score (nSPS) is 12.6. The third kappa shape index (κ3) is 5.54. The average molecular weight is 272 g/mol. The summed E-state index contributed by atoms with van der Waals surface area (Å²) in [5.74, 6) is 0.438. The Bertz CT molecular complexity index is 333. The van der Waals surface area contributed by atoms with Gasteiger partial charge in [0, 0.05) is 26.3 Å². The van der Waals surface area contributed by atoms with E-state index in [9.17, 15) is 0 Å². The molecule has 0 fully saturated rings. The average Bonchev–Trinajstić information content (AvgIpc) is 2.87. The van der Waals surface area contributed by atoms with Crippen molar-refractivity contribution in [1.29, 1.82) is 0 Å². The van der Waals surface area contributed by atoms with Crippen molar-refractivity contribution >= 4 is 6.01 Å². The van der Waals surface area contributed by atoms with E-state index >= 15 is 0 Å². The molecule has 1 rings (SSSR count). The van der Waals surface area contributed by atoms with Crippen molar-refractivity contribution in [3.05, 3.63) is 5.89 Å².